The van der Waals surface area contributed by atoms with Gasteiger partial charge in [0.25, 0.3) is 11.6 Å². The number of fused-ring (bicyclic) bond motifs is 1. The fourth-order valence-corrected chi connectivity index (χ4v) is 3.43. The summed E-state index contributed by atoms with van der Waals surface area (Å²) < 4.78 is 36.5. The molecule has 1 amide bonds. The smallest absolute Gasteiger partial charge is 0.292 e. The van der Waals surface area contributed by atoms with Gasteiger partial charge in [-0.05, 0) is 31.5 Å². The van der Waals surface area contributed by atoms with Crippen LogP contribution in [0.2, 0.25) is 0 Å². The van der Waals surface area contributed by atoms with E-state index in [1.807, 2.05) is 0 Å². The molecule has 3 aromatic heterocycles. The Morgan fingerprint density at radius 2 is 2.17 bits per heavy atom. The minimum Gasteiger partial charge on any atom is -0.362 e. The quantitative estimate of drug-likeness (QED) is 0.537. The Bertz CT molecular complexity index is 1280. The van der Waals surface area contributed by atoms with E-state index in [-0.39, 0.29) is 23.3 Å². The van der Waals surface area contributed by atoms with E-state index in [1.54, 1.807) is 52.6 Å². The highest BCUT2D eigenvalue weighted by Gasteiger charge is 2.43. The first-order valence-corrected chi connectivity index (χ1v) is 9.04. The molecule has 1 aliphatic rings. The van der Waals surface area contributed by atoms with Crippen LogP contribution in [0.4, 0.5) is 8.78 Å². The molecule has 0 aliphatic heterocycles. The number of rotatable bonds is 4. The molecule has 1 saturated carbocycles. The number of hydrogen-bond acceptors (Lipinski definition) is 4. The number of benzene rings is 1. The van der Waals surface area contributed by atoms with Crippen molar-refractivity contribution in [2.45, 2.75) is 25.4 Å². The van der Waals surface area contributed by atoms with Gasteiger partial charge in [-0.15, -0.1) is 0 Å². The van der Waals surface area contributed by atoms with Crippen LogP contribution in [0.1, 0.15) is 34.3 Å². The van der Waals surface area contributed by atoms with Gasteiger partial charge in [-0.3, -0.25) is 4.79 Å². The van der Waals surface area contributed by atoms with Crippen molar-refractivity contribution in [2.24, 2.45) is 5.73 Å². The lowest BCUT2D eigenvalue weighted by molar-refractivity contribution is -0.513. The van der Waals surface area contributed by atoms with Gasteiger partial charge in [-0.25, -0.2) is 8.78 Å². The number of imidazole rings is 1. The number of pyridine rings is 1. The van der Waals surface area contributed by atoms with Gasteiger partial charge < -0.3 is 10.3 Å². The van der Waals surface area contributed by atoms with Crippen LogP contribution in [0.25, 0.3) is 22.7 Å². The summed E-state index contributed by atoms with van der Waals surface area (Å²) in [5, 5.41) is 3.88. The molecule has 5 rings (SSSR count). The maximum atomic E-state index is 14.8. The molecule has 0 saturated heterocycles. The third-order valence-corrected chi connectivity index (χ3v) is 5.15. The number of alkyl halides is 1. The first kappa shape index (κ1) is 17.5. The van der Waals surface area contributed by atoms with Crippen LogP contribution in [-0.4, -0.2) is 26.8 Å². The van der Waals surface area contributed by atoms with Crippen molar-refractivity contribution in [3.63, 3.8) is 0 Å². The predicted molar refractivity (Wildman–Crippen MR) is 97.7 cm³/mol. The SMILES string of the molecule is Cc1c(F)cc(-c2noc(C3CC3F)n2)cc1-n1cc(C(N)=O)[n+]2ccccc12. The summed E-state index contributed by atoms with van der Waals surface area (Å²) in [6.07, 6.45) is 2.65. The van der Waals surface area contributed by atoms with E-state index in [0.717, 1.165) is 0 Å². The predicted octanol–water partition coefficient (Wildman–Crippen LogP) is 2.64. The topological polar surface area (TPSA) is 91.0 Å². The zero-order chi connectivity index (χ0) is 20.3. The first-order valence-electron chi connectivity index (χ1n) is 9.04. The maximum absolute atomic E-state index is 14.8. The third-order valence-electron chi connectivity index (χ3n) is 5.15. The molecular weight excluding hydrogens is 380 g/mol. The van der Waals surface area contributed by atoms with Crippen LogP contribution in [0.15, 0.2) is 47.2 Å². The van der Waals surface area contributed by atoms with Gasteiger partial charge in [0.2, 0.25) is 17.4 Å². The van der Waals surface area contributed by atoms with E-state index in [4.69, 9.17) is 10.3 Å². The number of nitrogens with two attached hydrogens (primary N) is 1. The van der Waals surface area contributed by atoms with Gasteiger partial charge in [-0.2, -0.15) is 14.0 Å². The Morgan fingerprint density at radius 1 is 1.38 bits per heavy atom. The largest absolute Gasteiger partial charge is 0.362 e. The molecular formula is C20H16F2N5O2+. The van der Waals surface area contributed by atoms with E-state index in [9.17, 15) is 13.6 Å². The molecule has 146 valence electrons. The number of nitrogens with zero attached hydrogens (tertiary/aromatic N) is 4. The van der Waals surface area contributed by atoms with Crippen LogP contribution in [0.3, 0.4) is 0 Å². The molecule has 2 N–H and O–H groups in total. The van der Waals surface area contributed by atoms with Crippen molar-refractivity contribution in [1.29, 1.82) is 0 Å². The molecule has 9 heteroatoms. The highest BCUT2D eigenvalue weighted by Crippen LogP contribution is 2.43. The number of aromatic nitrogens is 4. The summed E-state index contributed by atoms with van der Waals surface area (Å²) in [5.41, 5.74) is 7.65. The number of halogens is 2. The van der Waals surface area contributed by atoms with Gasteiger partial charge in [0.1, 0.15) is 23.9 Å². The maximum Gasteiger partial charge on any atom is 0.292 e. The molecule has 29 heavy (non-hydrogen) atoms. The molecule has 4 aromatic rings. The Hall–Kier alpha value is -3.62. The van der Waals surface area contributed by atoms with Gasteiger partial charge in [0, 0.05) is 17.2 Å². The van der Waals surface area contributed by atoms with Gasteiger partial charge >= 0.3 is 0 Å². The number of carbonyl (C=O) groups is 1. The molecule has 1 aromatic carbocycles. The van der Waals surface area contributed by atoms with Crippen molar-refractivity contribution in [3.05, 3.63) is 65.7 Å². The number of primary amides is 1. The summed E-state index contributed by atoms with van der Waals surface area (Å²) in [6, 6.07) is 8.37. The molecule has 3 heterocycles. The number of amides is 1. The second-order valence-corrected chi connectivity index (χ2v) is 7.09. The van der Waals surface area contributed by atoms with E-state index >= 15 is 0 Å². The summed E-state index contributed by atoms with van der Waals surface area (Å²) >= 11 is 0. The lowest BCUT2D eigenvalue weighted by atomic mass is 10.1. The highest BCUT2D eigenvalue weighted by atomic mass is 19.1. The van der Waals surface area contributed by atoms with Crippen molar-refractivity contribution in [1.82, 2.24) is 14.7 Å². The summed E-state index contributed by atoms with van der Waals surface area (Å²) in [5.74, 6) is -1.06. The minimum atomic E-state index is -0.968. The Balaban J connectivity index is 1.68. The molecule has 1 aliphatic carbocycles. The van der Waals surface area contributed by atoms with Crippen molar-refractivity contribution < 1.29 is 22.5 Å². The van der Waals surface area contributed by atoms with Crippen LogP contribution >= 0.6 is 0 Å². The van der Waals surface area contributed by atoms with E-state index in [0.29, 0.717) is 28.9 Å². The molecule has 2 unspecified atom stereocenters. The second-order valence-electron chi connectivity index (χ2n) is 7.09. The van der Waals surface area contributed by atoms with Crippen LogP contribution in [0, 0.1) is 12.7 Å². The Labute approximate surface area is 163 Å². The number of hydrogen-bond donors (Lipinski definition) is 1. The molecule has 0 radical (unpaired) electrons. The second kappa shape index (κ2) is 6.20. The van der Waals surface area contributed by atoms with E-state index in [1.165, 1.54) is 6.07 Å². The van der Waals surface area contributed by atoms with E-state index < -0.39 is 17.9 Å². The zero-order valence-corrected chi connectivity index (χ0v) is 15.3. The normalized spacial score (nSPS) is 18.3. The lowest BCUT2D eigenvalue weighted by Gasteiger charge is -2.06. The van der Waals surface area contributed by atoms with Crippen molar-refractivity contribution in [2.75, 3.05) is 0 Å². The number of carbonyl (C=O) groups excluding carboxylic acids is 1. The average Bonchev–Trinajstić information content (AvgIpc) is 3.11. The van der Waals surface area contributed by atoms with Crippen molar-refractivity contribution >= 4 is 11.6 Å². The van der Waals surface area contributed by atoms with Gasteiger partial charge in [0.15, 0.2) is 0 Å². The highest BCUT2D eigenvalue weighted by molar-refractivity contribution is 5.89. The zero-order valence-electron chi connectivity index (χ0n) is 15.3. The molecule has 7 nitrogen and oxygen atoms in total. The monoisotopic (exact) mass is 396 g/mol. The Kier molecular flexibility index (Phi) is 3.73. The van der Waals surface area contributed by atoms with Gasteiger partial charge in [0.05, 0.1) is 12.1 Å². The first-order chi connectivity index (χ1) is 13.9. The standard InChI is InChI=1S/C20H15F2N5O2/c1-10-13(21)6-11(19-24-20(29-25-19)12-8-14(12)22)7-15(10)27-9-16(18(23)28)26-5-3-2-4-17(26)27/h2-7,9,12,14H,8H2,1H3,(H-,23,28)/p+1. The summed E-state index contributed by atoms with van der Waals surface area (Å²) in [4.78, 5) is 16.1. The molecule has 0 bridgehead atoms. The fraction of sp³-hybridized carbons (Fsp3) is 0.200. The molecule has 0 spiro atoms. The van der Waals surface area contributed by atoms with Crippen LogP contribution in [-0.2, 0) is 0 Å². The molecule has 1 fully saturated rings. The van der Waals surface area contributed by atoms with Crippen molar-refractivity contribution in [3.8, 4) is 17.1 Å². The average molecular weight is 396 g/mol. The third kappa shape index (κ3) is 2.77. The van der Waals surface area contributed by atoms with Crippen LogP contribution < -0.4 is 10.1 Å². The van der Waals surface area contributed by atoms with Crippen LogP contribution in [0.5, 0.6) is 0 Å². The lowest BCUT2D eigenvalue weighted by Crippen LogP contribution is -2.30. The molecule has 2 atom stereocenters. The Morgan fingerprint density at radius 3 is 2.90 bits per heavy atom. The summed E-state index contributed by atoms with van der Waals surface area (Å²) in [6.45, 7) is 1.64. The van der Waals surface area contributed by atoms with E-state index in [2.05, 4.69) is 10.1 Å². The fourth-order valence-electron chi connectivity index (χ4n) is 3.43. The van der Waals surface area contributed by atoms with Gasteiger partial charge in [-0.1, -0.05) is 11.2 Å². The minimum absolute atomic E-state index is 0.179. The summed E-state index contributed by atoms with van der Waals surface area (Å²) in [7, 11) is 0.